The second kappa shape index (κ2) is 3.70. The number of esters is 1. The molecule has 0 aromatic heterocycles. The van der Waals surface area contributed by atoms with Crippen LogP contribution in [0.15, 0.2) is 0 Å². The minimum absolute atomic E-state index is 0.0319. The zero-order valence-electron chi connectivity index (χ0n) is 10.4. The van der Waals surface area contributed by atoms with Crippen LogP contribution in [0.1, 0.15) is 34.1 Å². The highest BCUT2D eigenvalue weighted by Gasteiger charge is 2.62. The molecule has 1 saturated carbocycles. The number of hydrogen-bond acceptors (Lipinski definition) is 4. The molecule has 92 valence electrons. The zero-order valence-corrected chi connectivity index (χ0v) is 10.4. The highest BCUT2D eigenvalue weighted by molar-refractivity contribution is 5.80. The Balaban J connectivity index is 1.93. The number of hydrogen-bond donors (Lipinski definition) is 0. The van der Waals surface area contributed by atoms with E-state index in [-0.39, 0.29) is 23.4 Å². The fourth-order valence-electron chi connectivity index (χ4n) is 2.38. The number of carbonyl (C=O) groups excluding carboxylic acids is 1. The van der Waals surface area contributed by atoms with Crippen LogP contribution in [0.2, 0.25) is 0 Å². The van der Waals surface area contributed by atoms with Crippen molar-refractivity contribution < 1.29 is 19.0 Å². The fourth-order valence-corrected chi connectivity index (χ4v) is 2.38. The standard InChI is InChI=1S/C12H20O4/c1-5-14-10(13)12(4)6-8(12)9-7-15-11(2,3)16-9/h8-9H,5-7H2,1-4H3/t8-,9+,12+/m0/s1. The van der Waals surface area contributed by atoms with Crippen LogP contribution in [-0.2, 0) is 19.0 Å². The lowest BCUT2D eigenvalue weighted by Crippen LogP contribution is -2.26. The molecule has 16 heavy (non-hydrogen) atoms. The summed E-state index contributed by atoms with van der Waals surface area (Å²) in [6, 6.07) is 0. The summed E-state index contributed by atoms with van der Waals surface area (Å²) >= 11 is 0. The lowest BCUT2D eigenvalue weighted by atomic mass is 10.0. The molecular weight excluding hydrogens is 208 g/mol. The Hall–Kier alpha value is -0.610. The maximum Gasteiger partial charge on any atom is 0.312 e. The third-order valence-electron chi connectivity index (χ3n) is 3.52. The first kappa shape index (κ1) is 11.9. The molecular formula is C12H20O4. The monoisotopic (exact) mass is 228 g/mol. The summed E-state index contributed by atoms with van der Waals surface area (Å²) in [5, 5.41) is 0. The molecule has 3 atom stereocenters. The minimum atomic E-state index is -0.511. The van der Waals surface area contributed by atoms with Gasteiger partial charge in [-0.05, 0) is 34.1 Å². The number of ether oxygens (including phenoxy) is 3. The van der Waals surface area contributed by atoms with E-state index < -0.39 is 5.79 Å². The molecule has 0 unspecified atom stereocenters. The SMILES string of the molecule is CCOC(=O)[C@]1(C)C[C@H]1[C@H]1COC(C)(C)O1. The summed E-state index contributed by atoms with van der Waals surface area (Å²) in [6.07, 6.45) is 0.875. The van der Waals surface area contributed by atoms with Crippen LogP contribution in [0.25, 0.3) is 0 Å². The molecule has 1 saturated heterocycles. The lowest BCUT2D eigenvalue weighted by Gasteiger charge is -2.18. The molecule has 0 radical (unpaired) electrons. The van der Waals surface area contributed by atoms with Crippen molar-refractivity contribution in [1.29, 1.82) is 0 Å². The lowest BCUT2D eigenvalue weighted by molar-refractivity contribution is -0.154. The van der Waals surface area contributed by atoms with Gasteiger partial charge in [-0.3, -0.25) is 4.79 Å². The molecule has 0 N–H and O–H groups in total. The average molecular weight is 228 g/mol. The molecule has 4 heteroatoms. The Morgan fingerprint density at radius 2 is 2.12 bits per heavy atom. The second-order valence-electron chi connectivity index (χ2n) is 5.32. The summed E-state index contributed by atoms with van der Waals surface area (Å²) in [4.78, 5) is 11.7. The first-order valence-corrected chi connectivity index (χ1v) is 5.88. The molecule has 1 aliphatic carbocycles. The molecule has 0 amide bonds. The van der Waals surface area contributed by atoms with Gasteiger partial charge in [0, 0.05) is 5.92 Å². The Morgan fingerprint density at radius 1 is 1.44 bits per heavy atom. The van der Waals surface area contributed by atoms with Crippen LogP contribution < -0.4 is 0 Å². The number of carbonyl (C=O) groups is 1. The smallest absolute Gasteiger partial charge is 0.312 e. The van der Waals surface area contributed by atoms with Crippen LogP contribution in [-0.4, -0.2) is 31.1 Å². The van der Waals surface area contributed by atoms with Crippen LogP contribution in [0, 0.1) is 11.3 Å². The molecule has 2 fully saturated rings. The van der Waals surface area contributed by atoms with E-state index in [1.165, 1.54) is 0 Å². The fraction of sp³-hybridized carbons (Fsp3) is 0.917. The molecule has 4 nitrogen and oxygen atoms in total. The van der Waals surface area contributed by atoms with Gasteiger partial charge in [-0.2, -0.15) is 0 Å². The Kier molecular flexibility index (Phi) is 2.75. The predicted octanol–water partition coefficient (Wildman–Crippen LogP) is 1.73. The van der Waals surface area contributed by atoms with Crippen molar-refractivity contribution >= 4 is 5.97 Å². The first-order chi connectivity index (χ1) is 7.39. The average Bonchev–Trinajstić information content (AvgIpc) is 2.75. The van der Waals surface area contributed by atoms with E-state index in [0.29, 0.717) is 13.2 Å². The van der Waals surface area contributed by atoms with Gasteiger partial charge < -0.3 is 14.2 Å². The Labute approximate surface area is 96.2 Å². The van der Waals surface area contributed by atoms with Crippen molar-refractivity contribution in [3.63, 3.8) is 0 Å². The molecule has 0 bridgehead atoms. The van der Waals surface area contributed by atoms with Gasteiger partial charge in [-0.25, -0.2) is 0 Å². The largest absolute Gasteiger partial charge is 0.466 e. The van der Waals surface area contributed by atoms with Crippen molar-refractivity contribution in [2.24, 2.45) is 11.3 Å². The van der Waals surface area contributed by atoms with E-state index in [4.69, 9.17) is 14.2 Å². The third-order valence-corrected chi connectivity index (χ3v) is 3.52. The highest BCUT2D eigenvalue weighted by Crippen LogP contribution is 2.57. The Morgan fingerprint density at radius 3 is 2.62 bits per heavy atom. The molecule has 1 heterocycles. The van der Waals surface area contributed by atoms with Crippen molar-refractivity contribution in [3.8, 4) is 0 Å². The normalized spacial score (nSPS) is 40.8. The molecule has 0 aromatic rings. The summed E-state index contributed by atoms with van der Waals surface area (Å²) in [7, 11) is 0. The van der Waals surface area contributed by atoms with E-state index in [1.54, 1.807) is 0 Å². The van der Waals surface area contributed by atoms with Gasteiger partial charge >= 0.3 is 5.97 Å². The maximum absolute atomic E-state index is 11.7. The van der Waals surface area contributed by atoms with Crippen LogP contribution >= 0.6 is 0 Å². The van der Waals surface area contributed by atoms with E-state index in [0.717, 1.165) is 6.42 Å². The summed E-state index contributed by atoms with van der Waals surface area (Å²) in [5.41, 5.74) is -0.357. The van der Waals surface area contributed by atoms with E-state index >= 15 is 0 Å². The first-order valence-electron chi connectivity index (χ1n) is 5.88. The molecule has 0 spiro atoms. The van der Waals surface area contributed by atoms with Gasteiger partial charge in [0.25, 0.3) is 0 Å². The third kappa shape index (κ3) is 1.96. The van der Waals surface area contributed by atoms with Crippen LogP contribution in [0.3, 0.4) is 0 Å². The van der Waals surface area contributed by atoms with Crippen LogP contribution in [0.4, 0.5) is 0 Å². The van der Waals surface area contributed by atoms with E-state index in [9.17, 15) is 4.79 Å². The summed E-state index contributed by atoms with van der Waals surface area (Å²) in [6.45, 7) is 8.59. The van der Waals surface area contributed by atoms with Gasteiger partial charge in [-0.1, -0.05) is 0 Å². The van der Waals surface area contributed by atoms with E-state index in [1.807, 2.05) is 27.7 Å². The predicted molar refractivity (Wildman–Crippen MR) is 57.8 cm³/mol. The maximum atomic E-state index is 11.7. The summed E-state index contributed by atoms with van der Waals surface area (Å²) < 4.78 is 16.4. The zero-order chi connectivity index (χ0) is 12.0. The van der Waals surface area contributed by atoms with Crippen molar-refractivity contribution in [2.75, 3.05) is 13.2 Å². The molecule has 0 aromatic carbocycles. The molecule has 2 rings (SSSR count). The highest BCUT2D eigenvalue weighted by atomic mass is 16.7. The number of rotatable bonds is 3. The van der Waals surface area contributed by atoms with Gasteiger partial charge in [-0.15, -0.1) is 0 Å². The van der Waals surface area contributed by atoms with Crippen molar-refractivity contribution in [1.82, 2.24) is 0 Å². The Bertz CT molecular complexity index is 299. The quantitative estimate of drug-likeness (QED) is 0.690. The summed E-state index contributed by atoms with van der Waals surface area (Å²) in [5.74, 6) is -0.371. The van der Waals surface area contributed by atoms with E-state index in [2.05, 4.69) is 0 Å². The van der Waals surface area contributed by atoms with Crippen molar-refractivity contribution in [3.05, 3.63) is 0 Å². The van der Waals surface area contributed by atoms with Gasteiger partial charge in [0.15, 0.2) is 5.79 Å². The van der Waals surface area contributed by atoms with Crippen molar-refractivity contribution in [2.45, 2.75) is 46.0 Å². The molecule has 2 aliphatic rings. The molecule has 1 aliphatic heterocycles. The second-order valence-corrected chi connectivity index (χ2v) is 5.32. The minimum Gasteiger partial charge on any atom is -0.466 e. The topological polar surface area (TPSA) is 44.8 Å². The van der Waals surface area contributed by atoms with Crippen LogP contribution in [0.5, 0.6) is 0 Å². The van der Waals surface area contributed by atoms with Gasteiger partial charge in [0.05, 0.1) is 24.7 Å². The van der Waals surface area contributed by atoms with Gasteiger partial charge in [0.1, 0.15) is 0 Å². The van der Waals surface area contributed by atoms with Gasteiger partial charge in [0.2, 0.25) is 0 Å².